The molecule has 0 spiro atoms. The summed E-state index contributed by atoms with van der Waals surface area (Å²) in [5.41, 5.74) is -0.489. The molecule has 2 rings (SSSR count). The fourth-order valence-corrected chi connectivity index (χ4v) is 2.43. The normalized spacial score (nSPS) is 25.3. The topological polar surface area (TPSA) is 57.6 Å². The molecule has 2 aliphatic rings. The van der Waals surface area contributed by atoms with Gasteiger partial charge in [-0.2, -0.15) is 13.2 Å². The molecule has 0 atom stereocenters. The van der Waals surface area contributed by atoms with Crippen molar-refractivity contribution in [2.45, 2.75) is 51.1 Å². The molecule has 2 N–H and O–H groups in total. The van der Waals surface area contributed by atoms with Crippen LogP contribution in [-0.2, 0) is 9.31 Å². The molecule has 0 unspecified atom stereocenters. The third-order valence-corrected chi connectivity index (χ3v) is 4.54. The maximum atomic E-state index is 12.2. The van der Waals surface area contributed by atoms with Crippen LogP contribution in [0.4, 0.5) is 13.2 Å². The maximum absolute atomic E-state index is 12.2. The number of likely N-dealkylation sites (tertiary alicyclic amines) is 1. The largest absolute Gasteiger partial charge is 0.497 e. The first-order valence-electron chi connectivity index (χ1n) is 7.55. The van der Waals surface area contributed by atoms with E-state index in [1.165, 1.54) is 4.90 Å². The van der Waals surface area contributed by atoms with Crippen LogP contribution in [0, 0.1) is 5.41 Å². The summed E-state index contributed by atoms with van der Waals surface area (Å²) in [6, 6.07) is -0.0604. The van der Waals surface area contributed by atoms with Gasteiger partial charge in [-0.25, -0.2) is 0 Å². The summed E-state index contributed by atoms with van der Waals surface area (Å²) in [5.74, 6) is 0. The molecule has 0 aromatic rings. The monoisotopic (exact) mass is 333 g/mol. The second-order valence-electron chi connectivity index (χ2n) is 7.05. The lowest BCUT2D eigenvalue weighted by molar-refractivity contribution is -0.155. The number of alkyl halides is 3. The quantitative estimate of drug-likeness (QED) is 0.597. The first-order valence-corrected chi connectivity index (χ1v) is 7.55. The Kier molecular flexibility index (Phi) is 4.85. The lowest BCUT2D eigenvalue weighted by Gasteiger charge is -2.39. The smallest absolute Gasteiger partial charge is 0.399 e. The van der Waals surface area contributed by atoms with Crippen molar-refractivity contribution in [3.05, 3.63) is 11.7 Å². The highest BCUT2D eigenvalue weighted by atomic mass is 19.4. The number of allylic oxidation sites excluding steroid dienone is 1. The van der Waals surface area contributed by atoms with Crippen molar-refractivity contribution in [3.63, 3.8) is 0 Å². The Morgan fingerprint density at radius 3 is 2.22 bits per heavy atom. The zero-order valence-electron chi connectivity index (χ0n) is 13.8. The average molecular weight is 333 g/mol. The fourth-order valence-electron chi connectivity index (χ4n) is 2.43. The van der Waals surface area contributed by atoms with E-state index in [1.54, 1.807) is 6.20 Å². The Morgan fingerprint density at radius 2 is 1.78 bits per heavy atom. The number of nitrogens with zero attached hydrogens (tertiary/aromatic N) is 1. The molecule has 2 aliphatic heterocycles. The van der Waals surface area contributed by atoms with E-state index in [2.05, 4.69) is 5.32 Å². The van der Waals surface area contributed by atoms with E-state index in [9.17, 15) is 13.2 Å². The molecule has 0 amide bonds. The first kappa shape index (κ1) is 18.3. The molecular weight excluding hydrogens is 310 g/mol. The Morgan fingerprint density at radius 1 is 1.26 bits per heavy atom. The molecule has 0 aromatic carbocycles. The summed E-state index contributed by atoms with van der Waals surface area (Å²) in [4.78, 5) is 1.32. The molecule has 2 heterocycles. The van der Waals surface area contributed by atoms with E-state index in [4.69, 9.17) is 14.7 Å². The van der Waals surface area contributed by atoms with Crippen LogP contribution < -0.4 is 5.32 Å². The molecule has 0 radical (unpaired) electrons. The van der Waals surface area contributed by atoms with E-state index in [0.717, 1.165) is 6.21 Å². The summed E-state index contributed by atoms with van der Waals surface area (Å²) in [6.45, 7) is 7.44. The Hall–Kier alpha value is -1.06. The first-order chi connectivity index (χ1) is 10.4. The molecule has 5 nitrogen and oxygen atoms in total. The van der Waals surface area contributed by atoms with Gasteiger partial charge in [-0.3, -0.25) is 4.90 Å². The minimum absolute atomic E-state index is 0.0604. The highest BCUT2D eigenvalue weighted by molar-refractivity contribution is 6.60. The molecule has 0 aliphatic carbocycles. The van der Waals surface area contributed by atoms with Crippen LogP contribution in [-0.4, -0.2) is 61.3 Å². The van der Waals surface area contributed by atoms with E-state index in [0.29, 0.717) is 18.6 Å². The number of hydrogen-bond donors (Lipinski definition) is 2. The molecule has 0 saturated carbocycles. The van der Waals surface area contributed by atoms with Gasteiger partial charge in [0.25, 0.3) is 0 Å². The van der Waals surface area contributed by atoms with Gasteiger partial charge in [0.05, 0.1) is 23.8 Å². The van der Waals surface area contributed by atoms with Crippen LogP contribution in [0.1, 0.15) is 27.7 Å². The van der Waals surface area contributed by atoms with Gasteiger partial charge >= 0.3 is 13.3 Å². The lowest BCUT2D eigenvalue weighted by Crippen LogP contribution is -2.58. The third-order valence-electron chi connectivity index (χ3n) is 4.54. The number of hydrogen-bond acceptors (Lipinski definition) is 5. The third kappa shape index (κ3) is 4.27. The van der Waals surface area contributed by atoms with E-state index in [-0.39, 0.29) is 6.04 Å². The molecule has 2 fully saturated rings. The zero-order valence-corrected chi connectivity index (χ0v) is 13.8. The molecule has 0 aromatic heterocycles. The van der Waals surface area contributed by atoms with Crippen molar-refractivity contribution in [1.82, 2.24) is 10.2 Å². The SMILES string of the molecule is CC1(C)OB(/C(C=N)=C/NC2CN(CC(F)(F)F)C2)OC1(C)C. The van der Waals surface area contributed by atoms with Crippen molar-refractivity contribution >= 4 is 13.3 Å². The van der Waals surface area contributed by atoms with Crippen LogP contribution >= 0.6 is 0 Å². The Balaban J connectivity index is 1.86. The molecule has 0 bridgehead atoms. The van der Waals surface area contributed by atoms with Crippen molar-refractivity contribution in [2.24, 2.45) is 0 Å². The molecular formula is C14H23BF3N3O2. The van der Waals surface area contributed by atoms with Gasteiger partial charge in [0, 0.05) is 24.8 Å². The molecule has 130 valence electrons. The summed E-state index contributed by atoms with van der Waals surface area (Å²) < 4.78 is 48.4. The molecule has 23 heavy (non-hydrogen) atoms. The predicted octanol–water partition coefficient (Wildman–Crippen LogP) is 1.99. The van der Waals surface area contributed by atoms with Gasteiger partial charge in [-0.1, -0.05) is 0 Å². The summed E-state index contributed by atoms with van der Waals surface area (Å²) in [7, 11) is -0.656. The Labute approximate surface area is 134 Å². The summed E-state index contributed by atoms with van der Waals surface area (Å²) in [5, 5.41) is 10.5. The van der Waals surface area contributed by atoms with Crippen molar-refractivity contribution in [3.8, 4) is 0 Å². The highest BCUT2D eigenvalue weighted by Crippen LogP contribution is 2.38. The van der Waals surface area contributed by atoms with E-state index in [1.807, 2.05) is 27.7 Å². The van der Waals surface area contributed by atoms with Gasteiger partial charge < -0.3 is 20.0 Å². The van der Waals surface area contributed by atoms with E-state index >= 15 is 0 Å². The van der Waals surface area contributed by atoms with Crippen molar-refractivity contribution < 1.29 is 22.5 Å². The number of nitrogens with one attached hydrogen (secondary N) is 2. The van der Waals surface area contributed by atoms with Crippen LogP contribution in [0.5, 0.6) is 0 Å². The van der Waals surface area contributed by atoms with Crippen molar-refractivity contribution in [1.29, 1.82) is 5.41 Å². The maximum Gasteiger partial charge on any atom is 0.497 e. The van der Waals surface area contributed by atoms with Gasteiger partial charge in [-0.15, -0.1) is 0 Å². The minimum Gasteiger partial charge on any atom is -0.399 e. The number of rotatable bonds is 5. The number of halogens is 3. The zero-order chi connectivity index (χ0) is 17.5. The Bertz CT molecular complexity index is 472. The summed E-state index contributed by atoms with van der Waals surface area (Å²) in [6.07, 6.45) is -1.42. The molecule has 9 heteroatoms. The van der Waals surface area contributed by atoms with Crippen LogP contribution in [0.25, 0.3) is 0 Å². The van der Waals surface area contributed by atoms with Gasteiger partial charge in [0.2, 0.25) is 0 Å². The van der Waals surface area contributed by atoms with Gasteiger partial charge in [-0.05, 0) is 33.9 Å². The standard InChI is InChI=1S/C14H23BF3N3O2/c1-12(2)13(3,4)23-15(22-12)10(5-19)6-20-11-7-21(8-11)9-14(16,17)18/h5-6,11,19-20H,7-9H2,1-4H3/b10-6+,19-5?. The second kappa shape index (κ2) is 6.10. The van der Waals surface area contributed by atoms with Crippen molar-refractivity contribution in [2.75, 3.05) is 19.6 Å². The van der Waals surface area contributed by atoms with Crippen LogP contribution in [0.2, 0.25) is 0 Å². The summed E-state index contributed by atoms with van der Waals surface area (Å²) >= 11 is 0. The van der Waals surface area contributed by atoms with Gasteiger partial charge in [0.15, 0.2) is 0 Å². The highest BCUT2D eigenvalue weighted by Gasteiger charge is 2.52. The minimum atomic E-state index is -4.16. The average Bonchev–Trinajstić information content (AvgIpc) is 2.54. The van der Waals surface area contributed by atoms with Gasteiger partial charge in [0.1, 0.15) is 0 Å². The lowest BCUT2D eigenvalue weighted by atomic mass is 9.79. The molecule has 2 saturated heterocycles. The second-order valence-corrected chi connectivity index (χ2v) is 7.05. The van der Waals surface area contributed by atoms with E-state index < -0.39 is 31.0 Å². The van der Waals surface area contributed by atoms with Crippen LogP contribution in [0.15, 0.2) is 11.7 Å². The predicted molar refractivity (Wildman–Crippen MR) is 82.4 cm³/mol. The fraction of sp³-hybridized carbons (Fsp3) is 0.786. The van der Waals surface area contributed by atoms with Crippen LogP contribution in [0.3, 0.4) is 0 Å².